The minimum atomic E-state index is 0.128. The maximum Gasteiger partial charge on any atom is 0.223 e. The summed E-state index contributed by atoms with van der Waals surface area (Å²) in [4.78, 5) is 16.4. The van der Waals surface area contributed by atoms with Crippen molar-refractivity contribution < 1.29 is 4.79 Å². The number of halogens is 1. The van der Waals surface area contributed by atoms with Crippen molar-refractivity contribution in [3.63, 3.8) is 0 Å². The number of aromatic nitrogens is 1. The smallest absolute Gasteiger partial charge is 0.223 e. The molecule has 0 spiro atoms. The normalized spacial score (nSPS) is 20.0. The summed E-state index contributed by atoms with van der Waals surface area (Å²) in [6.45, 7) is 0.650. The van der Waals surface area contributed by atoms with E-state index in [0.29, 0.717) is 12.5 Å². The van der Waals surface area contributed by atoms with E-state index in [2.05, 4.69) is 38.4 Å². The Balaban J connectivity index is 1.47. The molecule has 2 atom stereocenters. The molecule has 1 saturated carbocycles. The van der Waals surface area contributed by atoms with Crippen molar-refractivity contribution in [2.75, 3.05) is 6.54 Å². The quantitative estimate of drug-likeness (QED) is 0.903. The molecule has 0 radical (unpaired) electrons. The zero-order chi connectivity index (χ0) is 14.7. The van der Waals surface area contributed by atoms with E-state index in [9.17, 15) is 4.79 Å². The molecule has 0 aliphatic heterocycles. The first-order valence-electron chi connectivity index (χ1n) is 7.17. The molecule has 0 unspecified atom stereocenters. The van der Waals surface area contributed by atoms with Crippen LogP contribution in [-0.2, 0) is 11.2 Å². The van der Waals surface area contributed by atoms with Crippen LogP contribution in [0.1, 0.15) is 23.6 Å². The molecule has 3 nitrogen and oxygen atoms in total. The molecule has 0 bridgehead atoms. The van der Waals surface area contributed by atoms with Gasteiger partial charge in [0.25, 0.3) is 0 Å². The Morgan fingerprint density at radius 2 is 2.19 bits per heavy atom. The van der Waals surface area contributed by atoms with Gasteiger partial charge in [-0.2, -0.15) is 0 Å². The van der Waals surface area contributed by atoms with Crippen LogP contribution in [0.3, 0.4) is 0 Å². The first-order chi connectivity index (χ1) is 10.2. The third kappa shape index (κ3) is 3.70. The SMILES string of the molecule is O=C(NCCc1ccccn1)[C@H]1C[C@H]1c1cccc(Br)c1. The van der Waals surface area contributed by atoms with Gasteiger partial charge in [0.2, 0.25) is 5.91 Å². The topological polar surface area (TPSA) is 42.0 Å². The monoisotopic (exact) mass is 344 g/mol. The Kier molecular flexibility index (Phi) is 4.34. The van der Waals surface area contributed by atoms with Crippen molar-refractivity contribution in [2.24, 2.45) is 5.92 Å². The Labute approximate surface area is 132 Å². The van der Waals surface area contributed by atoms with E-state index in [0.717, 1.165) is 23.0 Å². The predicted octanol–water partition coefficient (Wildman–Crippen LogP) is 3.31. The summed E-state index contributed by atoms with van der Waals surface area (Å²) in [5.74, 6) is 0.663. The van der Waals surface area contributed by atoms with Crippen LogP contribution in [0.15, 0.2) is 53.1 Å². The van der Waals surface area contributed by atoms with E-state index in [1.165, 1.54) is 5.56 Å². The summed E-state index contributed by atoms with van der Waals surface area (Å²) in [7, 11) is 0. The lowest BCUT2D eigenvalue weighted by Crippen LogP contribution is -2.27. The van der Waals surface area contributed by atoms with Gasteiger partial charge in [-0.05, 0) is 42.2 Å². The summed E-state index contributed by atoms with van der Waals surface area (Å²) >= 11 is 3.48. The molecule has 1 aliphatic carbocycles. The van der Waals surface area contributed by atoms with Gasteiger partial charge in [0.1, 0.15) is 0 Å². The molecule has 1 aromatic carbocycles. The fraction of sp³-hybridized carbons (Fsp3) is 0.294. The van der Waals surface area contributed by atoms with Crippen molar-refractivity contribution in [1.29, 1.82) is 0 Å². The molecule has 108 valence electrons. The van der Waals surface area contributed by atoms with Crippen LogP contribution in [0.25, 0.3) is 0 Å². The Morgan fingerprint density at radius 1 is 1.29 bits per heavy atom. The number of pyridine rings is 1. The van der Waals surface area contributed by atoms with Gasteiger partial charge in [0.05, 0.1) is 0 Å². The number of carbonyl (C=O) groups excluding carboxylic acids is 1. The van der Waals surface area contributed by atoms with Crippen LogP contribution in [-0.4, -0.2) is 17.4 Å². The number of hydrogen-bond acceptors (Lipinski definition) is 2. The molecule has 4 heteroatoms. The molecule has 1 aromatic heterocycles. The highest BCUT2D eigenvalue weighted by Gasteiger charge is 2.43. The zero-order valence-electron chi connectivity index (χ0n) is 11.6. The lowest BCUT2D eigenvalue weighted by atomic mass is 10.1. The van der Waals surface area contributed by atoms with Crippen LogP contribution in [0.2, 0.25) is 0 Å². The molecule has 21 heavy (non-hydrogen) atoms. The van der Waals surface area contributed by atoms with Gasteiger partial charge < -0.3 is 5.32 Å². The van der Waals surface area contributed by atoms with E-state index in [4.69, 9.17) is 0 Å². The van der Waals surface area contributed by atoms with Gasteiger partial charge in [-0.1, -0.05) is 34.1 Å². The highest BCUT2D eigenvalue weighted by Crippen LogP contribution is 2.47. The molecule has 1 aliphatic rings. The molecule has 1 fully saturated rings. The molecular formula is C17H17BrN2O. The van der Waals surface area contributed by atoms with Crippen LogP contribution >= 0.6 is 15.9 Å². The lowest BCUT2D eigenvalue weighted by Gasteiger charge is -2.05. The standard InChI is InChI=1S/C17H17BrN2O/c18-13-5-3-4-12(10-13)15-11-16(15)17(21)20-9-7-14-6-1-2-8-19-14/h1-6,8,10,15-16H,7,9,11H2,(H,20,21)/t15-,16-/m0/s1. The molecule has 1 heterocycles. The van der Waals surface area contributed by atoms with Gasteiger partial charge in [-0.15, -0.1) is 0 Å². The van der Waals surface area contributed by atoms with Crippen LogP contribution in [0.4, 0.5) is 0 Å². The second-order valence-electron chi connectivity index (χ2n) is 5.37. The van der Waals surface area contributed by atoms with E-state index in [1.807, 2.05) is 30.3 Å². The maximum atomic E-state index is 12.1. The third-order valence-electron chi connectivity index (χ3n) is 3.81. The van der Waals surface area contributed by atoms with E-state index in [-0.39, 0.29) is 11.8 Å². The Bertz CT molecular complexity index is 630. The number of carbonyl (C=O) groups is 1. The van der Waals surface area contributed by atoms with Crippen molar-refractivity contribution in [1.82, 2.24) is 10.3 Å². The summed E-state index contributed by atoms with van der Waals surface area (Å²) in [5.41, 5.74) is 2.26. The largest absolute Gasteiger partial charge is 0.355 e. The molecular weight excluding hydrogens is 328 g/mol. The fourth-order valence-electron chi connectivity index (χ4n) is 2.58. The minimum absolute atomic E-state index is 0.128. The number of benzene rings is 1. The maximum absolute atomic E-state index is 12.1. The first-order valence-corrected chi connectivity index (χ1v) is 7.96. The Morgan fingerprint density at radius 3 is 2.95 bits per heavy atom. The first kappa shape index (κ1) is 14.3. The number of amides is 1. The summed E-state index contributed by atoms with van der Waals surface area (Å²) < 4.78 is 1.07. The number of rotatable bonds is 5. The van der Waals surface area contributed by atoms with Crippen molar-refractivity contribution in [2.45, 2.75) is 18.8 Å². The van der Waals surface area contributed by atoms with E-state index >= 15 is 0 Å². The zero-order valence-corrected chi connectivity index (χ0v) is 13.2. The van der Waals surface area contributed by atoms with Crippen molar-refractivity contribution in [3.8, 4) is 0 Å². The van der Waals surface area contributed by atoms with Gasteiger partial charge in [-0.3, -0.25) is 9.78 Å². The van der Waals surface area contributed by atoms with Gasteiger partial charge >= 0.3 is 0 Å². The molecule has 1 amide bonds. The fourth-order valence-corrected chi connectivity index (χ4v) is 3.00. The second-order valence-corrected chi connectivity index (χ2v) is 6.28. The summed E-state index contributed by atoms with van der Waals surface area (Å²) in [6, 6.07) is 14.1. The van der Waals surface area contributed by atoms with Crippen LogP contribution < -0.4 is 5.32 Å². The highest BCUT2D eigenvalue weighted by molar-refractivity contribution is 9.10. The van der Waals surface area contributed by atoms with Gasteiger partial charge in [0.15, 0.2) is 0 Å². The average molecular weight is 345 g/mol. The Hall–Kier alpha value is -1.68. The number of nitrogens with one attached hydrogen (secondary N) is 1. The molecule has 0 saturated heterocycles. The highest BCUT2D eigenvalue weighted by atomic mass is 79.9. The third-order valence-corrected chi connectivity index (χ3v) is 4.30. The molecule has 2 aromatic rings. The summed E-state index contributed by atoms with van der Waals surface area (Å²) in [5, 5.41) is 3.02. The van der Waals surface area contributed by atoms with Crippen molar-refractivity contribution in [3.05, 3.63) is 64.4 Å². The second kappa shape index (κ2) is 6.39. The summed E-state index contributed by atoms with van der Waals surface area (Å²) in [6.07, 6.45) is 3.51. The average Bonchev–Trinajstić information content (AvgIpc) is 3.29. The molecule has 3 rings (SSSR count). The number of hydrogen-bond donors (Lipinski definition) is 1. The van der Waals surface area contributed by atoms with Crippen molar-refractivity contribution >= 4 is 21.8 Å². The lowest BCUT2D eigenvalue weighted by molar-refractivity contribution is -0.122. The van der Waals surface area contributed by atoms with Crippen LogP contribution in [0.5, 0.6) is 0 Å². The van der Waals surface area contributed by atoms with Gasteiger partial charge in [0, 0.05) is 35.2 Å². The molecule has 1 N–H and O–H groups in total. The van der Waals surface area contributed by atoms with E-state index < -0.39 is 0 Å². The predicted molar refractivity (Wildman–Crippen MR) is 85.9 cm³/mol. The minimum Gasteiger partial charge on any atom is -0.355 e. The van der Waals surface area contributed by atoms with Gasteiger partial charge in [-0.25, -0.2) is 0 Å². The van der Waals surface area contributed by atoms with Crippen LogP contribution in [0, 0.1) is 5.92 Å². The van der Waals surface area contributed by atoms with E-state index in [1.54, 1.807) is 6.20 Å². The number of nitrogens with zero attached hydrogens (tertiary/aromatic N) is 1.